The average molecular weight is 263 g/mol. The van der Waals surface area contributed by atoms with Gasteiger partial charge in [0.1, 0.15) is 0 Å². The number of benzene rings is 2. The highest BCUT2D eigenvalue weighted by Gasteiger charge is 2.24. The molecule has 0 heterocycles. The van der Waals surface area contributed by atoms with Crippen LogP contribution in [-0.2, 0) is 12.1 Å². The van der Waals surface area contributed by atoms with E-state index in [9.17, 15) is 0 Å². The molecule has 2 aromatic rings. The van der Waals surface area contributed by atoms with E-state index in [0.29, 0.717) is 0 Å². The number of rotatable bonds is 4. The van der Waals surface area contributed by atoms with Crippen LogP contribution >= 0.6 is 12.4 Å². The molecular formula is C15H19ClN2. The summed E-state index contributed by atoms with van der Waals surface area (Å²) >= 11 is 0. The molecule has 1 atom stereocenters. The predicted octanol–water partition coefficient (Wildman–Crippen LogP) is 2.68. The lowest BCUT2D eigenvalue weighted by molar-refractivity contribution is 0.372. The van der Waals surface area contributed by atoms with Gasteiger partial charge in [0.15, 0.2) is 0 Å². The highest BCUT2D eigenvalue weighted by molar-refractivity contribution is 5.85. The zero-order chi connectivity index (χ0) is 12.1. The molecule has 0 saturated heterocycles. The second-order valence-electron chi connectivity index (χ2n) is 4.25. The van der Waals surface area contributed by atoms with Gasteiger partial charge in [-0.2, -0.15) is 0 Å². The largest absolute Gasteiger partial charge is 0.309 e. The van der Waals surface area contributed by atoms with Crippen molar-refractivity contribution >= 4 is 12.4 Å². The second kappa shape index (κ2) is 6.55. The lowest BCUT2D eigenvalue weighted by Crippen LogP contribution is -2.50. The van der Waals surface area contributed by atoms with E-state index in [0.717, 1.165) is 12.0 Å². The molecule has 3 heteroatoms. The van der Waals surface area contributed by atoms with Gasteiger partial charge in [0, 0.05) is 6.42 Å². The molecule has 3 N–H and O–H groups in total. The van der Waals surface area contributed by atoms with E-state index in [1.165, 1.54) is 5.56 Å². The van der Waals surface area contributed by atoms with E-state index in [1.54, 1.807) is 0 Å². The monoisotopic (exact) mass is 262 g/mol. The van der Waals surface area contributed by atoms with Crippen LogP contribution in [0.5, 0.6) is 0 Å². The van der Waals surface area contributed by atoms with Crippen molar-refractivity contribution < 1.29 is 0 Å². The SMILES string of the molecule is CNC(N)(Cc1ccccc1)c1ccccc1.Cl. The summed E-state index contributed by atoms with van der Waals surface area (Å²) in [7, 11) is 1.90. The minimum absolute atomic E-state index is 0. The lowest BCUT2D eigenvalue weighted by Gasteiger charge is -2.30. The van der Waals surface area contributed by atoms with Gasteiger partial charge in [-0.05, 0) is 18.2 Å². The Morgan fingerprint density at radius 3 is 1.94 bits per heavy atom. The number of nitrogens with one attached hydrogen (secondary N) is 1. The molecular weight excluding hydrogens is 244 g/mol. The van der Waals surface area contributed by atoms with Crippen molar-refractivity contribution in [3.05, 3.63) is 71.8 Å². The molecule has 2 nitrogen and oxygen atoms in total. The third kappa shape index (κ3) is 3.33. The second-order valence-corrected chi connectivity index (χ2v) is 4.25. The van der Waals surface area contributed by atoms with Crippen LogP contribution in [0, 0.1) is 0 Å². The van der Waals surface area contributed by atoms with E-state index in [-0.39, 0.29) is 12.4 Å². The highest BCUT2D eigenvalue weighted by Crippen LogP contribution is 2.19. The fraction of sp³-hybridized carbons (Fsp3) is 0.200. The molecule has 96 valence electrons. The minimum atomic E-state index is -0.511. The van der Waals surface area contributed by atoms with Crippen LogP contribution in [0.1, 0.15) is 11.1 Å². The van der Waals surface area contributed by atoms with Crippen LogP contribution < -0.4 is 11.1 Å². The van der Waals surface area contributed by atoms with Crippen molar-refractivity contribution in [3.8, 4) is 0 Å². The first-order chi connectivity index (χ1) is 8.24. The van der Waals surface area contributed by atoms with Crippen molar-refractivity contribution in [3.63, 3.8) is 0 Å². The molecule has 1 unspecified atom stereocenters. The van der Waals surface area contributed by atoms with Crippen molar-refractivity contribution in [2.24, 2.45) is 5.73 Å². The fourth-order valence-electron chi connectivity index (χ4n) is 1.99. The number of nitrogens with two attached hydrogens (primary N) is 1. The number of halogens is 1. The van der Waals surface area contributed by atoms with Crippen LogP contribution in [0.2, 0.25) is 0 Å². The van der Waals surface area contributed by atoms with Crippen molar-refractivity contribution in [1.29, 1.82) is 0 Å². The molecule has 0 aliphatic carbocycles. The maximum absolute atomic E-state index is 6.44. The highest BCUT2D eigenvalue weighted by atomic mass is 35.5. The van der Waals surface area contributed by atoms with E-state index in [4.69, 9.17) is 5.73 Å². The maximum atomic E-state index is 6.44. The first kappa shape index (κ1) is 14.7. The van der Waals surface area contributed by atoms with Gasteiger partial charge in [0.25, 0.3) is 0 Å². The van der Waals surface area contributed by atoms with E-state index in [1.807, 2.05) is 43.4 Å². The van der Waals surface area contributed by atoms with E-state index >= 15 is 0 Å². The Labute approximate surface area is 115 Å². The molecule has 18 heavy (non-hydrogen) atoms. The summed E-state index contributed by atoms with van der Waals surface area (Å²) in [4.78, 5) is 0. The standard InChI is InChI=1S/C15H18N2.ClH/c1-17-15(16,14-10-6-3-7-11-14)12-13-8-4-2-5-9-13;/h2-11,17H,12,16H2,1H3;1H. The topological polar surface area (TPSA) is 38.0 Å². The smallest absolute Gasteiger partial charge is 0.0963 e. The van der Waals surface area contributed by atoms with Gasteiger partial charge in [-0.1, -0.05) is 60.7 Å². The third-order valence-electron chi connectivity index (χ3n) is 3.06. The average Bonchev–Trinajstić information content (AvgIpc) is 2.41. The number of likely N-dealkylation sites (N-methyl/N-ethyl adjacent to an activating group) is 1. The van der Waals surface area contributed by atoms with Crippen LogP contribution in [0.15, 0.2) is 60.7 Å². The molecule has 2 aromatic carbocycles. The summed E-state index contributed by atoms with van der Waals surface area (Å²) in [5, 5.41) is 3.22. The Kier molecular flexibility index (Phi) is 5.35. The van der Waals surface area contributed by atoms with Gasteiger partial charge >= 0.3 is 0 Å². The van der Waals surface area contributed by atoms with Crippen LogP contribution in [0.3, 0.4) is 0 Å². The Morgan fingerprint density at radius 2 is 1.44 bits per heavy atom. The summed E-state index contributed by atoms with van der Waals surface area (Å²) in [6.07, 6.45) is 0.772. The molecule has 0 bridgehead atoms. The summed E-state index contributed by atoms with van der Waals surface area (Å²) in [5.41, 5.74) is 8.26. The van der Waals surface area contributed by atoms with Gasteiger partial charge in [-0.15, -0.1) is 12.4 Å². The normalized spacial score (nSPS) is 13.4. The molecule has 0 aliphatic rings. The van der Waals surface area contributed by atoms with E-state index < -0.39 is 5.66 Å². The van der Waals surface area contributed by atoms with Gasteiger partial charge in [-0.25, -0.2) is 0 Å². The van der Waals surface area contributed by atoms with Crippen LogP contribution in [-0.4, -0.2) is 7.05 Å². The quantitative estimate of drug-likeness (QED) is 0.832. The first-order valence-electron chi connectivity index (χ1n) is 5.82. The molecule has 0 aromatic heterocycles. The Morgan fingerprint density at radius 1 is 0.944 bits per heavy atom. The summed E-state index contributed by atoms with van der Waals surface area (Å²) in [6.45, 7) is 0. The zero-order valence-corrected chi connectivity index (χ0v) is 11.3. The van der Waals surface area contributed by atoms with Gasteiger partial charge in [0.05, 0.1) is 5.66 Å². The molecule has 2 rings (SSSR count). The van der Waals surface area contributed by atoms with Gasteiger partial charge in [0.2, 0.25) is 0 Å². The third-order valence-corrected chi connectivity index (χ3v) is 3.06. The molecule has 0 fully saturated rings. The van der Waals surface area contributed by atoms with E-state index in [2.05, 4.69) is 29.6 Å². The van der Waals surface area contributed by atoms with Crippen molar-refractivity contribution in [1.82, 2.24) is 5.32 Å². The maximum Gasteiger partial charge on any atom is 0.0963 e. The zero-order valence-electron chi connectivity index (χ0n) is 10.5. The van der Waals surface area contributed by atoms with Gasteiger partial charge in [-0.3, -0.25) is 5.32 Å². The fourth-order valence-corrected chi connectivity index (χ4v) is 1.99. The van der Waals surface area contributed by atoms with Crippen molar-refractivity contribution in [2.75, 3.05) is 7.05 Å². The van der Waals surface area contributed by atoms with Crippen molar-refractivity contribution in [2.45, 2.75) is 12.1 Å². The molecule has 0 spiro atoms. The Hall–Kier alpha value is -1.35. The van der Waals surface area contributed by atoms with Crippen LogP contribution in [0.4, 0.5) is 0 Å². The van der Waals surface area contributed by atoms with Crippen LogP contribution in [0.25, 0.3) is 0 Å². The lowest BCUT2D eigenvalue weighted by atomic mass is 9.93. The Bertz CT molecular complexity index is 458. The minimum Gasteiger partial charge on any atom is -0.309 e. The molecule has 0 radical (unpaired) electrons. The molecule has 0 saturated carbocycles. The Balaban J connectivity index is 0.00000162. The summed E-state index contributed by atoms with van der Waals surface area (Å²) in [6, 6.07) is 20.4. The first-order valence-corrected chi connectivity index (χ1v) is 5.82. The predicted molar refractivity (Wildman–Crippen MR) is 78.8 cm³/mol. The number of hydrogen-bond donors (Lipinski definition) is 2. The van der Waals surface area contributed by atoms with Gasteiger partial charge < -0.3 is 5.73 Å². The molecule has 0 aliphatic heterocycles. The molecule has 0 amide bonds. The number of hydrogen-bond acceptors (Lipinski definition) is 2. The summed E-state index contributed by atoms with van der Waals surface area (Å²) < 4.78 is 0. The summed E-state index contributed by atoms with van der Waals surface area (Å²) in [5.74, 6) is 0.